The summed E-state index contributed by atoms with van der Waals surface area (Å²) in [5.74, 6) is -0.537. The van der Waals surface area contributed by atoms with Gasteiger partial charge in [-0.3, -0.25) is 0 Å². The molecule has 1 aliphatic heterocycles. The van der Waals surface area contributed by atoms with Crippen LogP contribution in [0.3, 0.4) is 0 Å². The molecule has 0 aliphatic carbocycles. The van der Waals surface area contributed by atoms with Crippen molar-refractivity contribution >= 4 is 15.9 Å². The van der Waals surface area contributed by atoms with E-state index >= 15 is 0 Å². The van der Waals surface area contributed by atoms with Crippen LogP contribution in [0.2, 0.25) is 0 Å². The van der Waals surface area contributed by atoms with Crippen molar-refractivity contribution in [2.24, 2.45) is 0 Å². The predicted octanol–water partition coefficient (Wildman–Crippen LogP) is -1.50. The van der Waals surface area contributed by atoms with Gasteiger partial charge in [-0.05, 0) is 0 Å². The maximum Gasteiger partial charge on any atom is 0.407 e. The van der Waals surface area contributed by atoms with Gasteiger partial charge in [-0.1, -0.05) is 0 Å². The number of nitrogens with one attached hydrogen (secondary N) is 1. The minimum atomic E-state index is -3.22. The van der Waals surface area contributed by atoms with Crippen molar-refractivity contribution in [1.29, 1.82) is 0 Å². The van der Waals surface area contributed by atoms with Gasteiger partial charge in [0.1, 0.15) is 0 Å². The maximum absolute atomic E-state index is 11.0. The first-order valence-corrected chi connectivity index (χ1v) is 5.50. The highest BCUT2D eigenvalue weighted by molar-refractivity contribution is 7.91. The van der Waals surface area contributed by atoms with Crippen molar-refractivity contribution in [2.75, 3.05) is 18.6 Å². The van der Waals surface area contributed by atoms with Crippen LogP contribution in [0.1, 0.15) is 0 Å². The van der Waals surface area contributed by atoms with E-state index in [0.29, 0.717) is 0 Å². The highest BCUT2D eigenvalue weighted by atomic mass is 32.2. The zero-order valence-corrected chi connectivity index (χ0v) is 7.87. The lowest BCUT2D eigenvalue weighted by molar-refractivity contribution is 0.138. The number of hydrogen-bond donors (Lipinski definition) is 2. The Morgan fingerprint density at radius 3 is 2.54 bits per heavy atom. The molecule has 1 rings (SSSR count). The first-order chi connectivity index (χ1) is 5.94. The van der Waals surface area contributed by atoms with E-state index in [1.807, 2.05) is 0 Å². The SMILES string of the molecule is COC(=O)N[C@@H]1CS(=O)(=O)C[C@H]1O. The van der Waals surface area contributed by atoms with Crippen molar-refractivity contribution in [3.8, 4) is 0 Å². The molecule has 1 aliphatic rings. The molecule has 6 nitrogen and oxygen atoms in total. The first-order valence-electron chi connectivity index (χ1n) is 3.67. The molecule has 1 heterocycles. The molecule has 0 aromatic heterocycles. The average Bonchev–Trinajstić information content (AvgIpc) is 2.24. The smallest absolute Gasteiger partial charge is 0.407 e. The molecule has 7 heteroatoms. The Bertz CT molecular complexity index is 298. The maximum atomic E-state index is 11.0. The number of sulfone groups is 1. The standard InChI is InChI=1S/C6H11NO5S/c1-12-6(9)7-4-2-13(10,11)3-5(4)8/h4-5,8H,2-3H2,1H3,(H,7,9)/t4-,5-/m1/s1. The molecule has 0 saturated carbocycles. The van der Waals surface area contributed by atoms with E-state index in [0.717, 1.165) is 0 Å². The summed E-state index contributed by atoms with van der Waals surface area (Å²) in [6.07, 6.45) is -1.77. The van der Waals surface area contributed by atoms with E-state index in [9.17, 15) is 18.3 Å². The minimum absolute atomic E-state index is 0.233. The zero-order chi connectivity index (χ0) is 10.1. The van der Waals surface area contributed by atoms with E-state index in [2.05, 4.69) is 10.1 Å². The molecule has 1 fully saturated rings. The summed E-state index contributed by atoms with van der Waals surface area (Å²) in [6, 6.07) is -0.752. The fourth-order valence-corrected chi connectivity index (χ4v) is 2.92. The summed E-state index contributed by atoms with van der Waals surface area (Å²) in [6.45, 7) is 0. The molecule has 13 heavy (non-hydrogen) atoms. The number of aliphatic hydroxyl groups is 1. The Morgan fingerprint density at radius 2 is 2.15 bits per heavy atom. The van der Waals surface area contributed by atoms with E-state index in [1.165, 1.54) is 7.11 Å². The van der Waals surface area contributed by atoms with Crippen LogP contribution in [0.4, 0.5) is 4.79 Å². The Hall–Kier alpha value is -0.820. The molecule has 0 unspecified atom stereocenters. The Balaban J connectivity index is 2.59. The van der Waals surface area contributed by atoms with Crippen LogP contribution < -0.4 is 5.32 Å². The van der Waals surface area contributed by atoms with Crippen molar-refractivity contribution in [1.82, 2.24) is 5.32 Å². The minimum Gasteiger partial charge on any atom is -0.453 e. The number of hydrogen-bond acceptors (Lipinski definition) is 5. The van der Waals surface area contributed by atoms with Gasteiger partial charge >= 0.3 is 6.09 Å². The van der Waals surface area contributed by atoms with E-state index in [-0.39, 0.29) is 11.5 Å². The lowest BCUT2D eigenvalue weighted by Gasteiger charge is -2.12. The van der Waals surface area contributed by atoms with Gasteiger partial charge in [0.05, 0.1) is 30.8 Å². The predicted molar refractivity (Wildman–Crippen MR) is 44.0 cm³/mol. The van der Waals surface area contributed by atoms with Gasteiger partial charge in [0.2, 0.25) is 0 Å². The number of alkyl carbamates (subject to hydrolysis) is 1. The van der Waals surface area contributed by atoms with Crippen LogP contribution in [-0.2, 0) is 14.6 Å². The average molecular weight is 209 g/mol. The van der Waals surface area contributed by atoms with Gasteiger partial charge in [0, 0.05) is 0 Å². The lowest BCUT2D eigenvalue weighted by Crippen LogP contribution is -2.42. The van der Waals surface area contributed by atoms with Crippen LogP contribution >= 0.6 is 0 Å². The summed E-state index contributed by atoms with van der Waals surface area (Å²) in [7, 11) is -2.05. The van der Waals surface area contributed by atoms with Crippen LogP contribution in [0.25, 0.3) is 0 Å². The van der Waals surface area contributed by atoms with Crippen LogP contribution in [0, 0.1) is 0 Å². The lowest BCUT2D eigenvalue weighted by atomic mass is 10.2. The van der Waals surface area contributed by atoms with Crippen molar-refractivity contribution in [2.45, 2.75) is 12.1 Å². The zero-order valence-electron chi connectivity index (χ0n) is 7.06. The summed E-state index contributed by atoms with van der Waals surface area (Å²) in [5.41, 5.74) is 0. The summed E-state index contributed by atoms with van der Waals surface area (Å²) >= 11 is 0. The third-order valence-corrected chi connectivity index (χ3v) is 3.53. The summed E-state index contributed by atoms with van der Waals surface area (Å²) in [5, 5.41) is 11.5. The van der Waals surface area contributed by atoms with Gasteiger partial charge in [-0.2, -0.15) is 0 Å². The Labute approximate surface area is 75.8 Å². The number of amides is 1. The fourth-order valence-electron chi connectivity index (χ4n) is 1.18. The number of carbonyl (C=O) groups excluding carboxylic acids is 1. The Morgan fingerprint density at radius 1 is 1.54 bits per heavy atom. The molecule has 0 aromatic carbocycles. The van der Waals surface area contributed by atoms with Crippen LogP contribution in [-0.4, -0.2) is 50.4 Å². The monoisotopic (exact) mass is 209 g/mol. The number of methoxy groups -OCH3 is 1. The van der Waals surface area contributed by atoms with Crippen molar-refractivity contribution < 1.29 is 23.1 Å². The second-order valence-electron chi connectivity index (χ2n) is 2.89. The molecule has 1 saturated heterocycles. The number of ether oxygens (including phenoxy) is 1. The van der Waals surface area contributed by atoms with E-state index in [1.54, 1.807) is 0 Å². The number of aliphatic hydroxyl groups excluding tert-OH is 1. The van der Waals surface area contributed by atoms with Crippen molar-refractivity contribution in [3.63, 3.8) is 0 Å². The van der Waals surface area contributed by atoms with Gasteiger partial charge in [0.25, 0.3) is 0 Å². The van der Waals surface area contributed by atoms with E-state index < -0.39 is 28.1 Å². The number of carbonyl (C=O) groups is 1. The quantitative estimate of drug-likeness (QED) is 0.548. The summed E-state index contributed by atoms with van der Waals surface area (Å²) in [4.78, 5) is 10.7. The van der Waals surface area contributed by atoms with Gasteiger partial charge < -0.3 is 15.2 Å². The molecule has 2 N–H and O–H groups in total. The van der Waals surface area contributed by atoms with Crippen LogP contribution in [0.5, 0.6) is 0 Å². The molecule has 1 amide bonds. The molecule has 0 aromatic rings. The van der Waals surface area contributed by atoms with Crippen LogP contribution in [0.15, 0.2) is 0 Å². The molecule has 0 bridgehead atoms. The topological polar surface area (TPSA) is 92.7 Å². The fraction of sp³-hybridized carbons (Fsp3) is 0.833. The molecule has 0 spiro atoms. The largest absolute Gasteiger partial charge is 0.453 e. The highest BCUT2D eigenvalue weighted by Crippen LogP contribution is 2.12. The second-order valence-corrected chi connectivity index (χ2v) is 5.04. The Kier molecular flexibility index (Phi) is 2.77. The van der Waals surface area contributed by atoms with Crippen molar-refractivity contribution in [3.05, 3.63) is 0 Å². The molecule has 76 valence electrons. The molecular formula is C6H11NO5S. The molecular weight excluding hydrogens is 198 g/mol. The third-order valence-electron chi connectivity index (χ3n) is 1.81. The first kappa shape index (κ1) is 10.3. The van der Waals surface area contributed by atoms with Gasteiger partial charge in [0.15, 0.2) is 9.84 Å². The molecule has 0 radical (unpaired) electrons. The third kappa shape index (κ3) is 2.56. The second kappa shape index (κ2) is 3.51. The molecule has 2 atom stereocenters. The van der Waals surface area contributed by atoms with Gasteiger partial charge in [-0.15, -0.1) is 0 Å². The van der Waals surface area contributed by atoms with Gasteiger partial charge in [-0.25, -0.2) is 13.2 Å². The summed E-state index contributed by atoms with van der Waals surface area (Å²) < 4.78 is 26.2. The highest BCUT2D eigenvalue weighted by Gasteiger charge is 2.37. The normalized spacial score (nSPS) is 31.2. The van der Waals surface area contributed by atoms with E-state index in [4.69, 9.17) is 0 Å². The number of rotatable bonds is 1.